The lowest BCUT2D eigenvalue weighted by Gasteiger charge is -2.12. The van der Waals surface area contributed by atoms with Crippen LogP contribution < -0.4 is 4.74 Å². The van der Waals surface area contributed by atoms with E-state index in [2.05, 4.69) is 0 Å². The number of phenolic OH excluding ortho intramolecular Hbond substituents is 1. The molecule has 16 heavy (non-hydrogen) atoms. The van der Waals surface area contributed by atoms with Crippen molar-refractivity contribution in [1.29, 1.82) is 0 Å². The second-order valence-corrected chi connectivity index (χ2v) is 3.77. The molecule has 1 aromatic carbocycles. The third kappa shape index (κ3) is 2.28. The van der Waals surface area contributed by atoms with E-state index >= 15 is 0 Å². The van der Waals surface area contributed by atoms with E-state index in [9.17, 15) is 5.11 Å². The fourth-order valence-electron chi connectivity index (χ4n) is 1.64. The summed E-state index contributed by atoms with van der Waals surface area (Å²) in [7, 11) is 0. The molecule has 2 rings (SSSR count). The number of phenols is 1. The second kappa shape index (κ2) is 4.72. The quantitative estimate of drug-likeness (QED) is 0.855. The van der Waals surface area contributed by atoms with Crippen molar-refractivity contribution >= 4 is 0 Å². The summed E-state index contributed by atoms with van der Waals surface area (Å²) in [5, 5.41) is 9.55. The molecule has 1 fully saturated rings. The predicted octanol–water partition coefficient (Wildman–Crippen LogP) is 2.22. The highest BCUT2D eigenvalue weighted by Crippen LogP contribution is 2.33. The molecular formula is C12H16O4. The Bertz CT molecular complexity index is 364. The number of hydrogen-bond donors (Lipinski definition) is 1. The molecule has 1 saturated heterocycles. The summed E-state index contributed by atoms with van der Waals surface area (Å²) in [6.45, 7) is 4.94. The maximum absolute atomic E-state index is 9.55. The Kier molecular flexibility index (Phi) is 3.31. The molecule has 0 amide bonds. The molecule has 1 aliphatic heterocycles. The number of aromatic hydroxyl groups is 1. The van der Waals surface area contributed by atoms with E-state index in [4.69, 9.17) is 14.2 Å². The van der Waals surface area contributed by atoms with Crippen LogP contribution in [0.25, 0.3) is 0 Å². The number of benzene rings is 1. The number of hydrogen-bond acceptors (Lipinski definition) is 4. The zero-order valence-electron chi connectivity index (χ0n) is 9.47. The predicted molar refractivity (Wildman–Crippen MR) is 58.5 cm³/mol. The number of ether oxygens (including phenoxy) is 3. The van der Waals surface area contributed by atoms with Gasteiger partial charge in [-0.3, -0.25) is 0 Å². The third-order valence-corrected chi connectivity index (χ3v) is 2.39. The van der Waals surface area contributed by atoms with Gasteiger partial charge in [0.1, 0.15) is 0 Å². The number of rotatable bonds is 3. The average molecular weight is 224 g/mol. The Morgan fingerprint density at radius 3 is 2.94 bits per heavy atom. The van der Waals surface area contributed by atoms with Gasteiger partial charge in [0.25, 0.3) is 0 Å². The highest BCUT2D eigenvalue weighted by molar-refractivity contribution is 5.42. The van der Waals surface area contributed by atoms with Gasteiger partial charge in [-0.15, -0.1) is 0 Å². The first-order chi connectivity index (χ1) is 7.70. The molecule has 88 valence electrons. The maximum Gasteiger partial charge on any atom is 0.184 e. The van der Waals surface area contributed by atoms with Gasteiger partial charge in [0.2, 0.25) is 0 Å². The van der Waals surface area contributed by atoms with Crippen LogP contribution in [0.5, 0.6) is 11.5 Å². The summed E-state index contributed by atoms with van der Waals surface area (Å²) in [5.41, 5.74) is 0.866. The van der Waals surface area contributed by atoms with E-state index in [0.29, 0.717) is 19.0 Å². The molecule has 4 heteroatoms. The SMILES string of the molecule is CCOc1cc(C2OCC(C)O2)ccc1O. The minimum atomic E-state index is -0.352. The molecule has 0 saturated carbocycles. The molecule has 4 nitrogen and oxygen atoms in total. The zero-order valence-corrected chi connectivity index (χ0v) is 9.47. The highest BCUT2D eigenvalue weighted by Gasteiger charge is 2.24. The van der Waals surface area contributed by atoms with Crippen molar-refractivity contribution < 1.29 is 19.3 Å². The van der Waals surface area contributed by atoms with Gasteiger partial charge in [-0.05, 0) is 26.0 Å². The zero-order chi connectivity index (χ0) is 11.5. The van der Waals surface area contributed by atoms with Crippen LogP contribution >= 0.6 is 0 Å². The molecule has 2 unspecified atom stereocenters. The van der Waals surface area contributed by atoms with Crippen LogP contribution in [0, 0.1) is 0 Å². The lowest BCUT2D eigenvalue weighted by Crippen LogP contribution is -2.03. The molecular weight excluding hydrogens is 208 g/mol. The molecule has 1 N–H and O–H groups in total. The van der Waals surface area contributed by atoms with Crippen molar-refractivity contribution in [3.8, 4) is 11.5 Å². The molecule has 0 radical (unpaired) electrons. The smallest absolute Gasteiger partial charge is 0.184 e. The molecule has 0 spiro atoms. The topological polar surface area (TPSA) is 47.9 Å². The van der Waals surface area contributed by atoms with Gasteiger partial charge in [-0.1, -0.05) is 6.07 Å². The minimum Gasteiger partial charge on any atom is -0.504 e. The van der Waals surface area contributed by atoms with E-state index in [-0.39, 0.29) is 18.1 Å². The van der Waals surface area contributed by atoms with Crippen LogP contribution in [0.3, 0.4) is 0 Å². The third-order valence-electron chi connectivity index (χ3n) is 2.39. The Labute approximate surface area is 94.8 Å². The Morgan fingerprint density at radius 2 is 2.31 bits per heavy atom. The van der Waals surface area contributed by atoms with E-state index in [1.807, 2.05) is 13.8 Å². The standard InChI is InChI=1S/C12H16O4/c1-3-14-11-6-9(4-5-10(11)13)12-15-7-8(2)16-12/h4-6,8,12-13H,3,7H2,1-2H3. The van der Waals surface area contributed by atoms with Crippen LogP contribution in [0.1, 0.15) is 25.7 Å². The second-order valence-electron chi connectivity index (χ2n) is 3.77. The lowest BCUT2D eigenvalue weighted by atomic mass is 10.2. The van der Waals surface area contributed by atoms with Gasteiger partial charge in [0.15, 0.2) is 17.8 Å². The van der Waals surface area contributed by atoms with Crippen LogP contribution in [0.15, 0.2) is 18.2 Å². The molecule has 1 aromatic rings. The molecule has 1 aliphatic rings. The highest BCUT2D eigenvalue weighted by atomic mass is 16.7. The first-order valence-electron chi connectivity index (χ1n) is 5.43. The van der Waals surface area contributed by atoms with Crippen LogP contribution in [-0.2, 0) is 9.47 Å². The van der Waals surface area contributed by atoms with Crippen molar-refractivity contribution in [2.24, 2.45) is 0 Å². The Balaban J connectivity index is 2.18. The van der Waals surface area contributed by atoms with Crippen LogP contribution in [0.4, 0.5) is 0 Å². The maximum atomic E-state index is 9.55. The Morgan fingerprint density at radius 1 is 1.50 bits per heavy atom. The van der Waals surface area contributed by atoms with Gasteiger partial charge >= 0.3 is 0 Å². The van der Waals surface area contributed by atoms with Gasteiger partial charge in [-0.2, -0.15) is 0 Å². The molecule has 0 aliphatic carbocycles. The van der Waals surface area contributed by atoms with Crippen molar-refractivity contribution in [2.45, 2.75) is 26.2 Å². The van der Waals surface area contributed by atoms with Crippen molar-refractivity contribution in [3.05, 3.63) is 23.8 Å². The summed E-state index contributed by atoms with van der Waals surface area (Å²) in [5.74, 6) is 0.600. The largest absolute Gasteiger partial charge is 0.504 e. The lowest BCUT2D eigenvalue weighted by molar-refractivity contribution is -0.0573. The summed E-state index contributed by atoms with van der Waals surface area (Å²) in [6, 6.07) is 5.12. The fraction of sp³-hybridized carbons (Fsp3) is 0.500. The Hall–Kier alpha value is -1.26. The first-order valence-corrected chi connectivity index (χ1v) is 5.43. The van der Waals surface area contributed by atoms with Crippen LogP contribution in [0.2, 0.25) is 0 Å². The molecule has 0 bridgehead atoms. The summed E-state index contributed by atoms with van der Waals surface area (Å²) >= 11 is 0. The summed E-state index contributed by atoms with van der Waals surface area (Å²) in [6.07, 6.45) is -0.246. The average Bonchev–Trinajstić information content (AvgIpc) is 2.69. The van der Waals surface area contributed by atoms with E-state index in [1.165, 1.54) is 0 Å². The van der Waals surface area contributed by atoms with Crippen molar-refractivity contribution in [1.82, 2.24) is 0 Å². The van der Waals surface area contributed by atoms with Gasteiger partial charge in [0, 0.05) is 5.56 Å². The van der Waals surface area contributed by atoms with E-state index < -0.39 is 0 Å². The van der Waals surface area contributed by atoms with Gasteiger partial charge < -0.3 is 19.3 Å². The molecule has 0 aromatic heterocycles. The summed E-state index contributed by atoms with van der Waals surface area (Å²) in [4.78, 5) is 0. The fourth-order valence-corrected chi connectivity index (χ4v) is 1.64. The van der Waals surface area contributed by atoms with Crippen molar-refractivity contribution in [2.75, 3.05) is 13.2 Å². The monoisotopic (exact) mass is 224 g/mol. The minimum absolute atomic E-state index is 0.106. The van der Waals surface area contributed by atoms with Gasteiger partial charge in [0.05, 0.1) is 19.3 Å². The van der Waals surface area contributed by atoms with E-state index in [1.54, 1.807) is 18.2 Å². The normalized spacial score (nSPS) is 24.6. The molecule has 1 heterocycles. The van der Waals surface area contributed by atoms with Crippen molar-refractivity contribution in [3.63, 3.8) is 0 Å². The first kappa shape index (κ1) is 11.2. The van der Waals surface area contributed by atoms with Gasteiger partial charge in [-0.25, -0.2) is 0 Å². The molecule has 2 atom stereocenters. The van der Waals surface area contributed by atoms with Crippen LogP contribution in [-0.4, -0.2) is 24.4 Å². The van der Waals surface area contributed by atoms with E-state index in [0.717, 1.165) is 5.56 Å². The summed E-state index contributed by atoms with van der Waals surface area (Å²) < 4.78 is 16.3.